The molecule has 6 rings (SSSR count). The smallest absolute Gasteiger partial charge is 0.313 e. The quantitative estimate of drug-likeness (QED) is 0.313. The second kappa shape index (κ2) is 10.3. The number of amides is 1. The summed E-state index contributed by atoms with van der Waals surface area (Å²) in [5, 5.41) is 4.67. The second-order valence-electron chi connectivity index (χ2n) is 11.3. The first-order valence-corrected chi connectivity index (χ1v) is 14.1. The van der Waals surface area contributed by atoms with E-state index in [2.05, 4.69) is 29.1 Å². The van der Waals surface area contributed by atoms with Gasteiger partial charge in [-0.25, -0.2) is 13.9 Å². The fraction of sp³-hybridized carbons (Fsp3) is 0.375. The first-order chi connectivity index (χ1) is 19.7. The molecule has 212 valence electrons. The van der Waals surface area contributed by atoms with Gasteiger partial charge in [-0.15, -0.1) is 0 Å². The summed E-state index contributed by atoms with van der Waals surface area (Å²) in [6.45, 7) is 7.66. The minimum Gasteiger partial charge on any atom is -0.469 e. The predicted molar refractivity (Wildman–Crippen MR) is 154 cm³/mol. The van der Waals surface area contributed by atoms with E-state index in [9.17, 15) is 9.59 Å². The highest BCUT2D eigenvalue weighted by atomic mass is 19.1. The highest BCUT2D eigenvalue weighted by Gasteiger charge is 2.41. The number of aryl methyl sites for hydroxylation is 1. The van der Waals surface area contributed by atoms with Gasteiger partial charge in [0.1, 0.15) is 11.5 Å². The molecule has 1 amide bonds. The molecule has 4 aromatic rings. The number of halogens is 1. The molecular formula is C32H34FN5O3. The van der Waals surface area contributed by atoms with Crippen LogP contribution in [0.4, 0.5) is 10.1 Å². The summed E-state index contributed by atoms with van der Waals surface area (Å²) >= 11 is 0. The van der Waals surface area contributed by atoms with E-state index >= 15 is 4.39 Å². The van der Waals surface area contributed by atoms with Gasteiger partial charge in [0, 0.05) is 42.6 Å². The van der Waals surface area contributed by atoms with Crippen LogP contribution in [0.5, 0.6) is 0 Å². The molecule has 0 aliphatic carbocycles. The molecule has 0 spiro atoms. The summed E-state index contributed by atoms with van der Waals surface area (Å²) in [6.07, 6.45) is 2.08. The zero-order chi connectivity index (χ0) is 28.9. The third-order valence-corrected chi connectivity index (χ3v) is 8.68. The van der Waals surface area contributed by atoms with Crippen molar-refractivity contribution in [2.75, 3.05) is 31.6 Å². The lowest BCUT2D eigenvalue weighted by molar-refractivity contribution is -0.150. The SMILES string of the molecule is CCc1cc(C(=O)N2CCc3ccccc3[C@H]2C)nc2cc(-c3ccc(N4CCC(C)(C(=O)OC)C4)cc3F)nn12. The fourth-order valence-electron chi connectivity index (χ4n) is 6.23. The number of carbonyl (C=O) groups excluding carboxylic acids is 2. The third-order valence-electron chi connectivity index (χ3n) is 8.68. The number of anilines is 1. The van der Waals surface area contributed by atoms with E-state index in [0.29, 0.717) is 60.8 Å². The van der Waals surface area contributed by atoms with Crippen molar-refractivity contribution >= 4 is 23.2 Å². The molecule has 1 unspecified atom stereocenters. The Kier molecular flexibility index (Phi) is 6.76. The van der Waals surface area contributed by atoms with Crippen LogP contribution in [0.25, 0.3) is 16.9 Å². The van der Waals surface area contributed by atoms with Gasteiger partial charge in [-0.05, 0) is 68.5 Å². The van der Waals surface area contributed by atoms with Crippen LogP contribution in [-0.4, -0.2) is 58.1 Å². The molecule has 2 aliphatic rings. The van der Waals surface area contributed by atoms with E-state index in [1.54, 1.807) is 22.7 Å². The number of methoxy groups -OCH3 is 1. The van der Waals surface area contributed by atoms with Crippen LogP contribution in [0, 0.1) is 11.2 Å². The largest absolute Gasteiger partial charge is 0.469 e. The summed E-state index contributed by atoms with van der Waals surface area (Å²) in [4.78, 5) is 34.4. The summed E-state index contributed by atoms with van der Waals surface area (Å²) in [5.41, 5.74) is 5.03. The summed E-state index contributed by atoms with van der Waals surface area (Å²) in [7, 11) is 1.39. The van der Waals surface area contributed by atoms with E-state index in [-0.39, 0.29) is 17.9 Å². The lowest BCUT2D eigenvalue weighted by Gasteiger charge is -2.35. The molecule has 1 fully saturated rings. The number of ether oxygens (including phenoxy) is 1. The summed E-state index contributed by atoms with van der Waals surface area (Å²) in [6, 6.07) is 16.8. The Labute approximate surface area is 238 Å². The van der Waals surface area contributed by atoms with Gasteiger partial charge in [0.15, 0.2) is 5.65 Å². The maximum atomic E-state index is 15.5. The van der Waals surface area contributed by atoms with Gasteiger partial charge in [-0.2, -0.15) is 5.10 Å². The van der Waals surface area contributed by atoms with Gasteiger partial charge < -0.3 is 14.5 Å². The molecule has 1 saturated heterocycles. The Morgan fingerprint density at radius 1 is 1.12 bits per heavy atom. The average Bonchev–Trinajstić information content (AvgIpc) is 3.60. The van der Waals surface area contributed by atoms with Crippen molar-refractivity contribution in [1.29, 1.82) is 0 Å². The van der Waals surface area contributed by atoms with Crippen molar-refractivity contribution in [2.24, 2.45) is 5.41 Å². The zero-order valence-electron chi connectivity index (χ0n) is 23.9. The molecule has 4 heterocycles. The summed E-state index contributed by atoms with van der Waals surface area (Å²) < 4.78 is 22.1. The van der Waals surface area contributed by atoms with Crippen LogP contribution < -0.4 is 4.90 Å². The molecule has 9 heteroatoms. The molecule has 2 aromatic heterocycles. The van der Waals surface area contributed by atoms with E-state index < -0.39 is 11.2 Å². The lowest BCUT2D eigenvalue weighted by atomic mass is 9.90. The molecule has 8 nitrogen and oxygen atoms in total. The Bertz CT molecular complexity index is 1670. The van der Waals surface area contributed by atoms with Crippen LogP contribution >= 0.6 is 0 Å². The number of fused-ring (bicyclic) bond motifs is 2. The Morgan fingerprint density at radius 2 is 1.93 bits per heavy atom. The van der Waals surface area contributed by atoms with Crippen molar-refractivity contribution in [3.8, 4) is 11.3 Å². The van der Waals surface area contributed by atoms with Crippen molar-refractivity contribution in [3.05, 3.63) is 82.9 Å². The maximum absolute atomic E-state index is 15.5. The first-order valence-electron chi connectivity index (χ1n) is 14.1. The van der Waals surface area contributed by atoms with Gasteiger partial charge in [-0.3, -0.25) is 9.59 Å². The predicted octanol–water partition coefficient (Wildman–Crippen LogP) is 5.25. The topological polar surface area (TPSA) is 80.0 Å². The Balaban J connectivity index is 1.29. The standard InChI is InChI=1S/C32H34FN5O3/c1-5-22-17-28(30(39)37-14-12-21-8-6-7-9-24(21)20(37)2)34-29-18-27(35-38(22)29)25-11-10-23(16-26(25)33)36-15-13-32(3,19-36)31(40)41-4/h6-11,16-18,20H,5,12-15,19H2,1-4H3/t20-,32?/m1/s1. The van der Waals surface area contributed by atoms with Gasteiger partial charge in [0.05, 0.1) is 24.3 Å². The van der Waals surface area contributed by atoms with Crippen LogP contribution in [0.15, 0.2) is 54.6 Å². The first kappa shape index (κ1) is 26.9. The molecule has 2 aliphatic heterocycles. The van der Waals surface area contributed by atoms with Crippen LogP contribution in [0.1, 0.15) is 60.5 Å². The maximum Gasteiger partial charge on any atom is 0.313 e. The number of aromatic nitrogens is 3. The molecule has 0 saturated carbocycles. The number of benzene rings is 2. The van der Waals surface area contributed by atoms with Gasteiger partial charge in [0.2, 0.25) is 0 Å². The minimum atomic E-state index is -0.613. The van der Waals surface area contributed by atoms with E-state index in [4.69, 9.17) is 4.74 Å². The number of esters is 1. The van der Waals surface area contributed by atoms with Crippen molar-refractivity contribution in [1.82, 2.24) is 19.5 Å². The van der Waals surface area contributed by atoms with Gasteiger partial charge >= 0.3 is 5.97 Å². The zero-order valence-corrected chi connectivity index (χ0v) is 23.9. The van der Waals surface area contributed by atoms with Crippen molar-refractivity contribution in [2.45, 2.75) is 46.1 Å². The Morgan fingerprint density at radius 3 is 2.68 bits per heavy atom. The molecule has 0 bridgehead atoms. The highest BCUT2D eigenvalue weighted by molar-refractivity contribution is 5.93. The molecule has 41 heavy (non-hydrogen) atoms. The minimum absolute atomic E-state index is 0.0512. The normalized spacial score (nSPS) is 20.4. The monoisotopic (exact) mass is 555 g/mol. The third kappa shape index (κ3) is 4.63. The van der Waals surface area contributed by atoms with Crippen LogP contribution in [-0.2, 0) is 22.4 Å². The number of carbonyl (C=O) groups is 2. The molecule has 2 atom stereocenters. The number of hydrogen-bond acceptors (Lipinski definition) is 6. The van der Waals surface area contributed by atoms with E-state index in [1.807, 2.05) is 41.8 Å². The molecule has 0 radical (unpaired) electrons. The lowest BCUT2D eigenvalue weighted by Crippen LogP contribution is -2.39. The van der Waals surface area contributed by atoms with Crippen molar-refractivity contribution in [3.63, 3.8) is 0 Å². The van der Waals surface area contributed by atoms with Crippen LogP contribution in [0.2, 0.25) is 0 Å². The Hall–Kier alpha value is -4.27. The summed E-state index contributed by atoms with van der Waals surface area (Å²) in [5.74, 6) is -0.779. The van der Waals surface area contributed by atoms with Crippen molar-refractivity contribution < 1.29 is 18.7 Å². The fourth-order valence-corrected chi connectivity index (χ4v) is 6.23. The van der Waals surface area contributed by atoms with Gasteiger partial charge in [-0.1, -0.05) is 31.2 Å². The van der Waals surface area contributed by atoms with Gasteiger partial charge in [0.25, 0.3) is 5.91 Å². The second-order valence-corrected chi connectivity index (χ2v) is 11.3. The molecule has 2 aromatic carbocycles. The van der Waals surface area contributed by atoms with E-state index in [0.717, 1.165) is 12.1 Å². The van der Waals surface area contributed by atoms with Crippen LogP contribution in [0.3, 0.4) is 0 Å². The number of rotatable bonds is 5. The number of nitrogens with zero attached hydrogens (tertiary/aromatic N) is 5. The average molecular weight is 556 g/mol. The molecule has 0 N–H and O–H groups in total. The number of hydrogen-bond donors (Lipinski definition) is 0. The molecular weight excluding hydrogens is 521 g/mol. The highest BCUT2D eigenvalue weighted by Crippen LogP contribution is 2.36. The van der Waals surface area contributed by atoms with E-state index in [1.165, 1.54) is 24.3 Å².